The zero-order chi connectivity index (χ0) is 22.2. The van der Waals surface area contributed by atoms with Crippen LogP contribution in [0.15, 0.2) is 43.0 Å². The second kappa shape index (κ2) is 8.45. The zero-order valence-corrected chi connectivity index (χ0v) is 17.4. The smallest absolute Gasteiger partial charge is 0.225 e. The van der Waals surface area contributed by atoms with Crippen LogP contribution in [0, 0.1) is 5.92 Å². The first-order valence-electron chi connectivity index (χ1n) is 10.8. The van der Waals surface area contributed by atoms with E-state index in [1.165, 1.54) is 6.33 Å². The molecule has 10 heteroatoms. The molecule has 1 saturated heterocycles. The number of nitrogens with one attached hydrogen (secondary N) is 1. The van der Waals surface area contributed by atoms with Crippen LogP contribution in [-0.2, 0) is 11.3 Å². The summed E-state index contributed by atoms with van der Waals surface area (Å²) in [6.45, 7) is 0.934. The van der Waals surface area contributed by atoms with Gasteiger partial charge in [-0.2, -0.15) is 0 Å². The van der Waals surface area contributed by atoms with Crippen LogP contribution in [-0.4, -0.2) is 77.0 Å². The summed E-state index contributed by atoms with van der Waals surface area (Å²) in [5.41, 5.74) is 2.15. The monoisotopic (exact) mass is 438 g/mol. The molecule has 0 bridgehead atoms. The molecule has 5 atom stereocenters. The van der Waals surface area contributed by atoms with Gasteiger partial charge in [0.05, 0.1) is 24.5 Å². The zero-order valence-electron chi connectivity index (χ0n) is 17.4. The number of aromatic nitrogens is 4. The SMILES string of the molecule is O=C1CC(Nc2ncnc3c2ncn3C2CC(CO)C(O)[C@H]2O)CN1Cc1ccccc1. The number of benzene rings is 1. The predicted molar refractivity (Wildman–Crippen MR) is 115 cm³/mol. The molecule has 10 nitrogen and oxygen atoms in total. The Morgan fingerprint density at radius 3 is 2.66 bits per heavy atom. The minimum Gasteiger partial charge on any atom is -0.396 e. The molecule has 3 heterocycles. The van der Waals surface area contributed by atoms with Gasteiger partial charge in [0, 0.05) is 32.0 Å². The van der Waals surface area contributed by atoms with E-state index in [1.807, 2.05) is 35.2 Å². The quantitative estimate of drug-likeness (QED) is 0.432. The van der Waals surface area contributed by atoms with Gasteiger partial charge in [-0.25, -0.2) is 15.0 Å². The first-order chi connectivity index (χ1) is 15.5. The maximum Gasteiger partial charge on any atom is 0.225 e. The molecule has 4 unspecified atom stereocenters. The summed E-state index contributed by atoms with van der Waals surface area (Å²) in [6, 6.07) is 9.34. The van der Waals surface area contributed by atoms with Gasteiger partial charge < -0.3 is 30.1 Å². The van der Waals surface area contributed by atoms with E-state index < -0.39 is 24.2 Å². The van der Waals surface area contributed by atoms with E-state index in [9.17, 15) is 20.1 Å². The number of aliphatic hydroxyl groups excluding tert-OH is 3. The number of carbonyl (C=O) groups excluding carboxylic acids is 1. The molecule has 4 N–H and O–H groups in total. The number of fused-ring (bicyclic) bond motifs is 1. The average Bonchev–Trinajstić information content (AvgIpc) is 3.46. The minimum atomic E-state index is -1.02. The topological polar surface area (TPSA) is 137 Å². The lowest BCUT2D eigenvalue weighted by Crippen LogP contribution is -2.30. The molecule has 168 valence electrons. The highest BCUT2D eigenvalue weighted by molar-refractivity contribution is 5.84. The van der Waals surface area contributed by atoms with E-state index in [0.29, 0.717) is 42.9 Å². The van der Waals surface area contributed by atoms with Gasteiger partial charge in [0.2, 0.25) is 5.91 Å². The molecule has 2 aromatic heterocycles. The number of likely N-dealkylation sites (tertiary alicyclic amines) is 1. The highest BCUT2D eigenvalue weighted by Crippen LogP contribution is 2.37. The van der Waals surface area contributed by atoms with Gasteiger partial charge in [0.25, 0.3) is 0 Å². The van der Waals surface area contributed by atoms with Crippen LogP contribution in [0.1, 0.15) is 24.4 Å². The van der Waals surface area contributed by atoms with Crippen LogP contribution in [0.3, 0.4) is 0 Å². The summed E-state index contributed by atoms with van der Waals surface area (Å²) in [4.78, 5) is 27.4. The van der Waals surface area contributed by atoms with Crippen molar-refractivity contribution in [3.8, 4) is 0 Å². The molecule has 1 aliphatic carbocycles. The third-order valence-corrected chi connectivity index (χ3v) is 6.49. The molecule has 2 aliphatic rings. The number of rotatable bonds is 6. The van der Waals surface area contributed by atoms with Gasteiger partial charge in [-0.3, -0.25) is 4.79 Å². The number of nitrogens with zero attached hydrogens (tertiary/aromatic N) is 5. The van der Waals surface area contributed by atoms with Crippen molar-refractivity contribution in [2.24, 2.45) is 5.92 Å². The summed E-state index contributed by atoms with van der Waals surface area (Å²) in [7, 11) is 0. The molecule has 2 fully saturated rings. The van der Waals surface area contributed by atoms with Gasteiger partial charge in [0.15, 0.2) is 11.5 Å². The molecule has 1 amide bonds. The van der Waals surface area contributed by atoms with Crippen molar-refractivity contribution in [1.82, 2.24) is 24.4 Å². The standard InChI is InChI=1S/C22H26N6O4/c29-10-14-6-16(20(32)19(14)31)28-12-25-18-21(23-11-24-22(18)28)26-15-7-17(30)27(9-15)8-13-4-2-1-3-5-13/h1-5,11-12,14-16,19-20,29,31-32H,6-10H2,(H,23,24,26)/t14?,15?,16?,19?,20-/m0/s1. The lowest BCUT2D eigenvalue weighted by Gasteiger charge is -2.19. The summed E-state index contributed by atoms with van der Waals surface area (Å²) >= 11 is 0. The Labute approximate surface area is 184 Å². The van der Waals surface area contributed by atoms with E-state index in [2.05, 4.69) is 20.3 Å². The van der Waals surface area contributed by atoms with Crippen molar-refractivity contribution in [2.45, 2.75) is 43.7 Å². The van der Waals surface area contributed by atoms with Gasteiger partial charge >= 0.3 is 0 Å². The summed E-state index contributed by atoms with van der Waals surface area (Å²) in [5, 5.41) is 33.4. The lowest BCUT2D eigenvalue weighted by atomic mass is 10.1. The Morgan fingerprint density at radius 2 is 1.91 bits per heavy atom. The lowest BCUT2D eigenvalue weighted by molar-refractivity contribution is -0.128. The summed E-state index contributed by atoms with van der Waals surface area (Å²) in [5.74, 6) is 0.215. The predicted octanol–water partition coefficient (Wildman–Crippen LogP) is 0.314. The highest BCUT2D eigenvalue weighted by atomic mass is 16.3. The number of hydrogen-bond acceptors (Lipinski definition) is 8. The third-order valence-electron chi connectivity index (χ3n) is 6.49. The molecule has 1 aromatic carbocycles. The molecular formula is C22H26N6O4. The van der Waals surface area contributed by atoms with Crippen molar-refractivity contribution < 1.29 is 20.1 Å². The van der Waals surface area contributed by atoms with Crippen LogP contribution < -0.4 is 5.32 Å². The first kappa shape index (κ1) is 20.8. The largest absolute Gasteiger partial charge is 0.396 e. The number of anilines is 1. The van der Waals surface area contributed by atoms with Crippen LogP contribution in [0.4, 0.5) is 5.82 Å². The van der Waals surface area contributed by atoms with Gasteiger partial charge in [0.1, 0.15) is 17.9 Å². The molecule has 0 radical (unpaired) electrons. The van der Waals surface area contributed by atoms with Crippen molar-refractivity contribution >= 4 is 22.9 Å². The fourth-order valence-corrected chi connectivity index (χ4v) is 4.78. The maximum atomic E-state index is 12.5. The van der Waals surface area contributed by atoms with Crippen molar-refractivity contribution in [3.63, 3.8) is 0 Å². The third kappa shape index (κ3) is 3.70. The van der Waals surface area contributed by atoms with Crippen molar-refractivity contribution in [3.05, 3.63) is 48.5 Å². The first-order valence-corrected chi connectivity index (χ1v) is 10.8. The van der Waals surface area contributed by atoms with E-state index >= 15 is 0 Å². The van der Waals surface area contributed by atoms with E-state index in [0.717, 1.165) is 5.56 Å². The maximum absolute atomic E-state index is 12.5. The highest BCUT2D eigenvalue weighted by Gasteiger charge is 2.42. The molecule has 1 aliphatic heterocycles. The van der Waals surface area contributed by atoms with E-state index in [1.54, 1.807) is 10.9 Å². The van der Waals surface area contributed by atoms with Crippen LogP contribution in [0.2, 0.25) is 0 Å². The second-order valence-corrected chi connectivity index (χ2v) is 8.58. The molecule has 1 saturated carbocycles. The minimum absolute atomic E-state index is 0.0836. The molecule has 5 rings (SSSR count). The van der Waals surface area contributed by atoms with Gasteiger partial charge in [-0.15, -0.1) is 0 Å². The number of amides is 1. The van der Waals surface area contributed by atoms with Crippen LogP contribution in [0.5, 0.6) is 0 Å². The Bertz CT molecular complexity index is 1110. The van der Waals surface area contributed by atoms with Gasteiger partial charge in [-0.05, 0) is 12.0 Å². The van der Waals surface area contributed by atoms with E-state index in [-0.39, 0.29) is 18.6 Å². The number of carbonyl (C=O) groups is 1. The van der Waals surface area contributed by atoms with Crippen molar-refractivity contribution in [1.29, 1.82) is 0 Å². The summed E-state index contributed by atoms with van der Waals surface area (Å²) in [6.07, 6.45) is 1.76. The number of aliphatic hydroxyl groups is 3. The fraction of sp³-hybridized carbons (Fsp3) is 0.455. The molecule has 0 spiro atoms. The Morgan fingerprint density at radius 1 is 1.09 bits per heavy atom. The van der Waals surface area contributed by atoms with Crippen LogP contribution >= 0.6 is 0 Å². The van der Waals surface area contributed by atoms with Gasteiger partial charge in [-0.1, -0.05) is 30.3 Å². The second-order valence-electron chi connectivity index (χ2n) is 8.58. The van der Waals surface area contributed by atoms with E-state index in [4.69, 9.17) is 0 Å². The Kier molecular flexibility index (Phi) is 5.50. The molecule has 3 aromatic rings. The van der Waals surface area contributed by atoms with Crippen LogP contribution in [0.25, 0.3) is 11.2 Å². The Balaban J connectivity index is 1.33. The fourth-order valence-electron chi connectivity index (χ4n) is 4.78. The number of hydrogen-bond donors (Lipinski definition) is 4. The Hall–Kier alpha value is -3.08. The number of imidazole rings is 1. The summed E-state index contributed by atoms with van der Waals surface area (Å²) < 4.78 is 1.73. The normalized spacial score (nSPS) is 28.0. The molecule has 32 heavy (non-hydrogen) atoms. The average molecular weight is 438 g/mol. The molecular weight excluding hydrogens is 412 g/mol. The van der Waals surface area contributed by atoms with Crippen molar-refractivity contribution in [2.75, 3.05) is 18.5 Å².